The van der Waals surface area contributed by atoms with E-state index in [9.17, 15) is 18.0 Å². The zero-order valence-corrected chi connectivity index (χ0v) is 17.5. The van der Waals surface area contributed by atoms with Crippen LogP contribution in [0.1, 0.15) is 22.6 Å². The molecule has 0 aliphatic rings. The monoisotopic (exact) mass is 442 g/mol. The highest BCUT2D eigenvalue weighted by Gasteiger charge is 2.38. The van der Waals surface area contributed by atoms with Crippen LogP contribution in [0.2, 0.25) is 0 Å². The van der Waals surface area contributed by atoms with Gasteiger partial charge in [-0.2, -0.15) is 18.2 Å². The summed E-state index contributed by atoms with van der Waals surface area (Å²) < 4.78 is 44.6. The summed E-state index contributed by atoms with van der Waals surface area (Å²) in [5, 5.41) is 7.32. The van der Waals surface area contributed by atoms with Crippen LogP contribution in [-0.4, -0.2) is 27.2 Å². The third-order valence-corrected chi connectivity index (χ3v) is 5.17. The highest BCUT2D eigenvalue weighted by molar-refractivity contribution is 5.87. The Morgan fingerprint density at radius 2 is 1.88 bits per heavy atom. The lowest BCUT2D eigenvalue weighted by Gasteiger charge is -2.08. The van der Waals surface area contributed by atoms with Crippen molar-refractivity contribution >= 4 is 16.8 Å². The molecule has 0 aliphatic carbocycles. The maximum atomic E-state index is 12.8. The van der Waals surface area contributed by atoms with E-state index in [-0.39, 0.29) is 11.7 Å². The molecule has 4 rings (SSSR count). The third kappa shape index (κ3) is 4.66. The number of carbonyl (C=O) groups excluding carboxylic acids is 1. The zero-order chi connectivity index (χ0) is 22.9. The molecule has 2 aromatic heterocycles. The number of hydrogen-bond donors (Lipinski definition) is 1. The summed E-state index contributed by atoms with van der Waals surface area (Å²) in [6.07, 6.45) is -2.45. The van der Waals surface area contributed by atoms with E-state index in [0.29, 0.717) is 25.1 Å². The SMILES string of the molecule is Cc1ccc(CC(=O)NCCn2cc(C)c3ccc(-c4noc(C(F)(F)F)n4)cc32)cc1. The van der Waals surface area contributed by atoms with E-state index >= 15 is 0 Å². The molecule has 2 aromatic carbocycles. The van der Waals surface area contributed by atoms with Crippen molar-refractivity contribution in [3.63, 3.8) is 0 Å². The Bertz CT molecular complexity index is 1260. The maximum absolute atomic E-state index is 12.8. The average Bonchev–Trinajstić information content (AvgIpc) is 3.35. The zero-order valence-electron chi connectivity index (χ0n) is 17.5. The minimum Gasteiger partial charge on any atom is -0.354 e. The lowest BCUT2D eigenvalue weighted by Crippen LogP contribution is -2.28. The van der Waals surface area contributed by atoms with Crippen molar-refractivity contribution in [3.8, 4) is 11.4 Å². The highest BCUT2D eigenvalue weighted by atomic mass is 19.4. The topological polar surface area (TPSA) is 73.0 Å². The summed E-state index contributed by atoms with van der Waals surface area (Å²) in [6, 6.07) is 13.0. The van der Waals surface area contributed by atoms with Crippen LogP contribution in [0.5, 0.6) is 0 Å². The number of nitrogens with zero attached hydrogens (tertiary/aromatic N) is 3. The van der Waals surface area contributed by atoms with Gasteiger partial charge in [-0.3, -0.25) is 4.79 Å². The van der Waals surface area contributed by atoms with Gasteiger partial charge in [0.15, 0.2) is 0 Å². The van der Waals surface area contributed by atoms with Crippen LogP contribution < -0.4 is 5.32 Å². The van der Waals surface area contributed by atoms with E-state index in [1.54, 1.807) is 12.1 Å². The number of halogens is 3. The van der Waals surface area contributed by atoms with Crippen molar-refractivity contribution in [2.75, 3.05) is 6.54 Å². The maximum Gasteiger partial charge on any atom is 0.471 e. The van der Waals surface area contributed by atoms with Gasteiger partial charge in [-0.25, -0.2) is 0 Å². The number of aromatic nitrogens is 3. The molecule has 4 aromatic rings. The van der Waals surface area contributed by atoms with Gasteiger partial charge in [0.05, 0.1) is 6.42 Å². The predicted octanol–water partition coefficient (Wildman–Crippen LogP) is 4.69. The van der Waals surface area contributed by atoms with Gasteiger partial charge in [-0.1, -0.05) is 47.1 Å². The van der Waals surface area contributed by atoms with Crippen molar-refractivity contribution < 1.29 is 22.5 Å². The minimum atomic E-state index is -4.69. The number of benzene rings is 2. The van der Waals surface area contributed by atoms with Gasteiger partial charge in [-0.15, -0.1) is 0 Å². The van der Waals surface area contributed by atoms with Gasteiger partial charge in [0.1, 0.15) is 0 Å². The number of fused-ring (bicyclic) bond motifs is 1. The lowest BCUT2D eigenvalue weighted by atomic mass is 10.1. The summed E-state index contributed by atoms with van der Waals surface area (Å²) in [6.45, 7) is 4.86. The number of carbonyl (C=O) groups is 1. The first-order valence-electron chi connectivity index (χ1n) is 10.0. The van der Waals surface area contributed by atoms with Crippen molar-refractivity contribution in [3.05, 3.63) is 71.2 Å². The molecule has 0 bridgehead atoms. The number of alkyl halides is 3. The summed E-state index contributed by atoms with van der Waals surface area (Å²) in [7, 11) is 0. The highest BCUT2D eigenvalue weighted by Crippen LogP contribution is 2.31. The molecule has 0 aliphatic heterocycles. The molecule has 0 atom stereocenters. The minimum absolute atomic E-state index is 0.0748. The molecule has 0 saturated carbocycles. The van der Waals surface area contributed by atoms with E-state index in [1.165, 1.54) is 0 Å². The molecule has 1 N–H and O–H groups in total. The Hall–Kier alpha value is -3.62. The molecule has 0 radical (unpaired) electrons. The average molecular weight is 442 g/mol. The fraction of sp³-hybridized carbons (Fsp3) is 0.261. The Morgan fingerprint density at radius 1 is 1.12 bits per heavy atom. The summed E-state index contributed by atoms with van der Waals surface area (Å²) >= 11 is 0. The summed E-state index contributed by atoms with van der Waals surface area (Å²) in [5.41, 5.74) is 4.32. The van der Waals surface area contributed by atoms with Crippen LogP contribution in [0.25, 0.3) is 22.3 Å². The number of amides is 1. The molecule has 1 amide bonds. The van der Waals surface area contributed by atoms with Crippen LogP contribution in [-0.2, 0) is 23.9 Å². The van der Waals surface area contributed by atoms with E-state index < -0.39 is 12.1 Å². The predicted molar refractivity (Wildman–Crippen MR) is 113 cm³/mol. The van der Waals surface area contributed by atoms with Crippen LogP contribution in [0, 0.1) is 13.8 Å². The van der Waals surface area contributed by atoms with Crippen molar-refractivity contribution in [2.24, 2.45) is 0 Å². The standard InChI is InChI=1S/C23H21F3N4O2/c1-14-3-5-16(6-4-14)11-20(31)27-9-10-30-13-15(2)18-8-7-17(12-19(18)30)21-28-22(32-29-21)23(24,25)26/h3-8,12-13H,9-11H2,1-2H3,(H,27,31). The summed E-state index contributed by atoms with van der Waals surface area (Å²) in [4.78, 5) is 15.7. The number of nitrogens with one attached hydrogen (secondary N) is 1. The third-order valence-electron chi connectivity index (χ3n) is 5.17. The first-order valence-corrected chi connectivity index (χ1v) is 10.0. The lowest BCUT2D eigenvalue weighted by molar-refractivity contribution is -0.159. The summed E-state index contributed by atoms with van der Waals surface area (Å²) in [5.74, 6) is -1.58. The smallest absolute Gasteiger partial charge is 0.354 e. The quantitative estimate of drug-likeness (QED) is 0.470. The first kappa shape index (κ1) is 21.6. The molecule has 32 heavy (non-hydrogen) atoms. The van der Waals surface area contributed by atoms with E-state index in [1.807, 2.05) is 54.9 Å². The molecular weight excluding hydrogens is 421 g/mol. The number of hydrogen-bond acceptors (Lipinski definition) is 4. The van der Waals surface area contributed by atoms with Gasteiger partial charge in [0.25, 0.3) is 0 Å². The number of rotatable bonds is 6. The Morgan fingerprint density at radius 3 is 2.56 bits per heavy atom. The second kappa shape index (κ2) is 8.49. The van der Waals surface area contributed by atoms with Crippen LogP contribution >= 0.6 is 0 Å². The van der Waals surface area contributed by atoms with Crippen molar-refractivity contribution in [1.29, 1.82) is 0 Å². The van der Waals surface area contributed by atoms with Crippen LogP contribution in [0.4, 0.5) is 13.2 Å². The molecule has 0 spiro atoms. The molecule has 6 nitrogen and oxygen atoms in total. The largest absolute Gasteiger partial charge is 0.471 e. The van der Waals surface area contributed by atoms with E-state index in [4.69, 9.17) is 0 Å². The van der Waals surface area contributed by atoms with Gasteiger partial charge in [0.2, 0.25) is 11.7 Å². The van der Waals surface area contributed by atoms with Gasteiger partial charge >= 0.3 is 12.1 Å². The normalized spacial score (nSPS) is 11.8. The Labute approximate surface area is 182 Å². The molecule has 2 heterocycles. The molecule has 166 valence electrons. The van der Waals surface area contributed by atoms with Crippen molar-refractivity contribution in [1.82, 2.24) is 20.0 Å². The number of aryl methyl sites for hydroxylation is 2. The van der Waals surface area contributed by atoms with Gasteiger partial charge in [-0.05, 0) is 31.0 Å². The second-order valence-corrected chi connectivity index (χ2v) is 7.67. The van der Waals surface area contributed by atoms with Crippen LogP contribution in [0.15, 0.2) is 53.2 Å². The van der Waals surface area contributed by atoms with E-state index in [0.717, 1.165) is 27.6 Å². The second-order valence-electron chi connectivity index (χ2n) is 7.67. The van der Waals surface area contributed by atoms with Gasteiger partial charge < -0.3 is 14.4 Å². The van der Waals surface area contributed by atoms with E-state index in [2.05, 4.69) is 20.0 Å². The molecule has 0 saturated heterocycles. The molecule has 0 fully saturated rings. The Balaban J connectivity index is 1.46. The Kier molecular flexibility index (Phi) is 5.73. The molecule has 0 unspecified atom stereocenters. The van der Waals surface area contributed by atoms with Crippen molar-refractivity contribution in [2.45, 2.75) is 33.0 Å². The van der Waals surface area contributed by atoms with Gasteiger partial charge in [0, 0.05) is 35.8 Å². The first-order chi connectivity index (χ1) is 15.2. The van der Waals surface area contributed by atoms with Crippen LogP contribution in [0.3, 0.4) is 0 Å². The fourth-order valence-electron chi connectivity index (χ4n) is 3.53. The molecule has 9 heteroatoms. The fourth-order valence-corrected chi connectivity index (χ4v) is 3.53. The molecular formula is C23H21F3N4O2.